The number of hydrogen-bond donors (Lipinski definition) is 2. The van der Waals surface area contributed by atoms with Gasteiger partial charge in [0.15, 0.2) is 0 Å². The van der Waals surface area contributed by atoms with Crippen LogP contribution in [0.1, 0.15) is 18.4 Å². The van der Waals surface area contributed by atoms with E-state index < -0.39 is 6.09 Å². The third kappa shape index (κ3) is 3.45. The summed E-state index contributed by atoms with van der Waals surface area (Å²) in [4.78, 5) is 22.7. The lowest BCUT2D eigenvalue weighted by molar-refractivity contribution is -0.385. The van der Waals surface area contributed by atoms with Crippen LogP contribution in [-0.4, -0.2) is 40.2 Å². The number of amides is 1. The lowest BCUT2D eigenvalue weighted by Crippen LogP contribution is -2.44. The number of rotatable bonds is 4. The van der Waals surface area contributed by atoms with E-state index in [1.807, 2.05) is 0 Å². The van der Waals surface area contributed by atoms with E-state index in [-0.39, 0.29) is 16.7 Å². The molecule has 1 aromatic carbocycles. The van der Waals surface area contributed by atoms with Crippen LogP contribution in [-0.2, 0) is 6.54 Å². The Morgan fingerprint density at radius 2 is 2.05 bits per heavy atom. The van der Waals surface area contributed by atoms with Crippen molar-refractivity contribution in [1.82, 2.24) is 10.2 Å². The van der Waals surface area contributed by atoms with Gasteiger partial charge in [0.25, 0.3) is 5.69 Å². The second-order valence-electron chi connectivity index (χ2n) is 4.81. The van der Waals surface area contributed by atoms with E-state index in [4.69, 9.17) is 5.11 Å². The van der Waals surface area contributed by atoms with Crippen molar-refractivity contribution in [1.29, 1.82) is 0 Å². The summed E-state index contributed by atoms with van der Waals surface area (Å²) in [5.41, 5.74) is 0.765. The Balaban J connectivity index is 1.88. The lowest BCUT2D eigenvalue weighted by atomic mass is 10.0. The standard InChI is InChI=1S/C13H17N3O4/c17-13(18)15-7-5-11(6-8-15)14-9-10-3-1-2-4-12(10)16(19)20/h1-4,11,14H,5-9H2,(H,17,18). The summed E-state index contributed by atoms with van der Waals surface area (Å²) in [5, 5.41) is 23.0. The molecule has 1 saturated heterocycles. The molecule has 7 nitrogen and oxygen atoms in total. The summed E-state index contributed by atoms with van der Waals surface area (Å²) in [5.74, 6) is 0. The first kappa shape index (κ1) is 14.3. The molecule has 1 aromatic rings. The minimum atomic E-state index is -0.887. The van der Waals surface area contributed by atoms with Crippen LogP contribution >= 0.6 is 0 Å². The molecule has 0 atom stereocenters. The molecule has 0 aliphatic carbocycles. The number of benzene rings is 1. The Morgan fingerprint density at radius 3 is 2.65 bits per heavy atom. The highest BCUT2D eigenvalue weighted by molar-refractivity contribution is 5.65. The van der Waals surface area contributed by atoms with E-state index in [1.54, 1.807) is 18.2 Å². The van der Waals surface area contributed by atoms with Crippen LogP contribution in [0.5, 0.6) is 0 Å². The number of carbonyl (C=O) groups is 1. The molecule has 1 amide bonds. The van der Waals surface area contributed by atoms with E-state index in [0.717, 1.165) is 12.8 Å². The fraction of sp³-hybridized carbons (Fsp3) is 0.462. The summed E-state index contributed by atoms with van der Waals surface area (Å²) < 4.78 is 0. The minimum Gasteiger partial charge on any atom is -0.465 e. The Kier molecular flexibility index (Phi) is 4.52. The molecular formula is C13H17N3O4. The predicted molar refractivity (Wildman–Crippen MR) is 72.6 cm³/mol. The molecule has 1 fully saturated rings. The molecule has 1 heterocycles. The first-order chi connectivity index (χ1) is 9.58. The molecule has 2 N–H and O–H groups in total. The monoisotopic (exact) mass is 279 g/mol. The van der Waals surface area contributed by atoms with E-state index in [2.05, 4.69) is 5.32 Å². The molecule has 0 bridgehead atoms. The number of piperidine rings is 1. The van der Waals surface area contributed by atoms with Gasteiger partial charge in [0.2, 0.25) is 0 Å². The van der Waals surface area contributed by atoms with Crippen LogP contribution in [0, 0.1) is 10.1 Å². The molecule has 0 aromatic heterocycles. The zero-order chi connectivity index (χ0) is 14.5. The Hall–Kier alpha value is -2.15. The molecule has 2 rings (SSSR count). The van der Waals surface area contributed by atoms with Crippen molar-refractivity contribution in [2.45, 2.75) is 25.4 Å². The van der Waals surface area contributed by atoms with Gasteiger partial charge < -0.3 is 15.3 Å². The van der Waals surface area contributed by atoms with Crippen molar-refractivity contribution in [3.8, 4) is 0 Å². The highest BCUT2D eigenvalue weighted by Gasteiger charge is 2.22. The van der Waals surface area contributed by atoms with E-state index >= 15 is 0 Å². The summed E-state index contributed by atoms with van der Waals surface area (Å²) >= 11 is 0. The average Bonchev–Trinajstić information content (AvgIpc) is 2.45. The van der Waals surface area contributed by atoms with Gasteiger partial charge in [-0.05, 0) is 12.8 Å². The van der Waals surface area contributed by atoms with Gasteiger partial charge in [-0.1, -0.05) is 18.2 Å². The number of carboxylic acid groups (broad SMARTS) is 1. The number of nitro groups is 1. The first-order valence-corrected chi connectivity index (χ1v) is 6.51. The SMILES string of the molecule is O=C(O)N1CCC(NCc2ccccc2[N+](=O)[O-])CC1. The fourth-order valence-electron chi connectivity index (χ4n) is 2.37. The predicted octanol–water partition coefficient (Wildman–Crippen LogP) is 1.83. The molecule has 0 unspecified atom stereocenters. The number of nitrogens with one attached hydrogen (secondary N) is 1. The second-order valence-corrected chi connectivity index (χ2v) is 4.81. The van der Waals surface area contributed by atoms with E-state index in [9.17, 15) is 14.9 Å². The quantitative estimate of drug-likeness (QED) is 0.647. The number of para-hydroxylation sites is 1. The van der Waals surface area contributed by atoms with Crippen molar-refractivity contribution in [3.63, 3.8) is 0 Å². The van der Waals surface area contributed by atoms with Crippen molar-refractivity contribution in [3.05, 3.63) is 39.9 Å². The van der Waals surface area contributed by atoms with Gasteiger partial charge >= 0.3 is 6.09 Å². The molecule has 1 aliphatic heterocycles. The summed E-state index contributed by atoms with van der Waals surface area (Å²) in [6.45, 7) is 1.43. The van der Waals surface area contributed by atoms with Crippen molar-refractivity contribution in [2.24, 2.45) is 0 Å². The molecule has 0 saturated carbocycles. The zero-order valence-corrected chi connectivity index (χ0v) is 11.0. The smallest absolute Gasteiger partial charge is 0.407 e. The Bertz CT molecular complexity index is 498. The van der Waals surface area contributed by atoms with Crippen molar-refractivity contribution < 1.29 is 14.8 Å². The van der Waals surface area contributed by atoms with Gasteiger partial charge in [-0.25, -0.2) is 4.79 Å². The molecule has 1 aliphatic rings. The average molecular weight is 279 g/mol. The largest absolute Gasteiger partial charge is 0.465 e. The number of nitrogens with zero attached hydrogens (tertiary/aromatic N) is 2. The molecular weight excluding hydrogens is 262 g/mol. The van der Waals surface area contributed by atoms with Crippen LogP contribution in [0.4, 0.5) is 10.5 Å². The summed E-state index contributed by atoms with van der Waals surface area (Å²) in [6, 6.07) is 6.84. The summed E-state index contributed by atoms with van der Waals surface area (Å²) in [7, 11) is 0. The van der Waals surface area contributed by atoms with Gasteiger partial charge in [-0.2, -0.15) is 0 Å². The highest BCUT2D eigenvalue weighted by atomic mass is 16.6. The molecule has 0 radical (unpaired) electrons. The third-order valence-electron chi connectivity index (χ3n) is 3.53. The molecule has 108 valence electrons. The van der Waals surface area contributed by atoms with Gasteiger partial charge in [-0.3, -0.25) is 10.1 Å². The minimum absolute atomic E-state index is 0.114. The normalized spacial score (nSPS) is 16.1. The molecule has 0 spiro atoms. The highest BCUT2D eigenvalue weighted by Crippen LogP contribution is 2.18. The number of likely N-dealkylation sites (tertiary alicyclic amines) is 1. The Morgan fingerprint density at radius 1 is 1.40 bits per heavy atom. The van der Waals surface area contributed by atoms with Crippen LogP contribution in [0.3, 0.4) is 0 Å². The number of hydrogen-bond acceptors (Lipinski definition) is 4. The van der Waals surface area contributed by atoms with E-state index in [1.165, 1.54) is 11.0 Å². The first-order valence-electron chi connectivity index (χ1n) is 6.51. The van der Waals surface area contributed by atoms with Gasteiger partial charge in [0.05, 0.1) is 4.92 Å². The maximum absolute atomic E-state index is 10.9. The maximum Gasteiger partial charge on any atom is 0.407 e. The second kappa shape index (κ2) is 6.33. The number of nitro benzene ring substituents is 1. The van der Waals surface area contributed by atoms with Gasteiger partial charge in [0, 0.05) is 37.3 Å². The van der Waals surface area contributed by atoms with Crippen LogP contribution in [0.15, 0.2) is 24.3 Å². The van der Waals surface area contributed by atoms with Crippen LogP contribution in [0.2, 0.25) is 0 Å². The van der Waals surface area contributed by atoms with Crippen molar-refractivity contribution in [2.75, 3.05) is 13.1 Å². The topological polar surface area (TPSA) is 95.7 Å². The lowest BCUT2D eigenvalue weighted by Gasteiger charge is -2.30. The maximum atomic E-state index is 10.9. The molecule has 7 heteroatoms. The van der Waals surface area contributed by atoms with E-state index in [0.29, 0.717) is 25.2 Å². The van der Waals surface area contributed by atoms with Gasteiger partial charge in [-0.15, -0.1) is 0 Å². The van der Waals surface area contributed by atoms with Crippen LogP contribution < -0.4 is 5.32 Å². The Labute approximate surface area is 116 Å². The summed E-state index contributed by atoms with van der Waals surface area (Å²) in [6.07, 6.45) is 0.571. The fourth-order valence-corrected chi connectivity index (χ4v) is 2.37. The third-order valence-corrected chi connectivity index (χ3v) is 3.53. The van der Waals surface area contributed by atoms with Crippen molar-refractivity contribution >= 4 is 11.8 Å². The zero-order valence-electron chi connectivity index (χ0n) is 11.0. The van der Waals surface area contributed by atoms with Gasteiger partial charge in [0.1, 0.15) is 0 Å². The molecule has 20 heavy (non-hydrogen) atoms. The van der Waals surface area contributed by atoms with Crippen LogP contribution in [0.25, 0.3) is 0 Å².